The molecule has 3 aromatic heterocycles. The monoisotopic (exact) mass is 498 g/mol. The van der Waals surface area contributed by atoms with Crippen LogP contribution in [0.5, 0.6) is 0 Å². The maximum Gasteiger partial charge on any atom is 0.299 e. The van der Waals surface area contributed by atoms with Crippen LogP contribution in [-0.2, 0) is 0 Å². The van der Waals surface area contributed by atoms with Crippen LogP contribution in [0.15, 0.2) is 59.5 Å². The summed E-state index contributed by atoms with van der Waals surface area (Å²) < 4.78 is 2.58. The van der Waals surface area contributed by atoms with Gasteiger partial charge in [0.25, 0.3) is 11.5 Å². The second kappa shape index (κ2) is 8.15. The van der Waals surface area contributed by atoms with Crippen molar-refractivity contribution in [1.82, 2.24) is 24.5 Å². The Labute approximate surface area is 201 Å². The van der Waals surface area contributed by atoms with Crippen molar-refractivity contribution < 1.29 is 4.79 Å². The summed E-state index contributed by atoms with van der Waals surface area (Å²) in [5, 5.41) is 14.1. The van der Waals surface area contributed by atoms with Crippen molar-refractivity contribution in [3.8, 4) is 11.1 Å². The average molecular weight is 500 g/mol. The number of aryl methyl sites for hydroxylation is 1. The topological polar surface area (TPSA) is 94.2 Å². The molecule has 5 aromatic rings. The number of aromatic nitrogens is 5. The van der Waals surface area contributed by atoms with E-state index < -0.39 is 11.5 Å². The first kappa shape index (κ1) is 21.4. The van der Waals surface area contributed by atoms with Crippen LogP contribution in [0.1, 0.15) is 16.1 Å². The predicted molar refractivity (Wildman–Crippen MR) is 128 cm³/mol. The molecule has 2 aromatic carbocycles. The molecule has 1 amide bonds. The van der Waals surface area contributed by atoms with Gasteiger partial charge in [0.2, 0.25) is 0 Å². The number of carbonyl (C=O) groups is 1. The van der Waals surface area contributed by atoms with E-state index in [4.69, 9.17) is 34.8 Å². The van der Waals surface area contributed by atoms with E-state index >= 15 is 0 Å². The summed E-state index contributed by atoms with van der Waals surface area (Å²) in [5.41, 5.74) is 5.47. The van der Waals surface area contributed by atoms with Crippen LogP contribution in [-0.4, -0.2) is 30.4 Å². The molecule has 0 unspecified atom stereocenters. The third-order valence-electron chi connectivity index (χ3n) is 5.09. The zero-order valence-electron chi connectivity index (χ0n) is 16.9. The molecule has 0 fully saturated rings. The molecule has 11 heteroatoms. The van der Waals surface area contributed by atoms with Crippen molar-refractivity contribution in [2.75, 3.05) is 5.43 Å². The Balaban J connectivity index is 1.59. The minimum Gasteiger partial charge on any atom is -0.267 e. The molecule has 0 bridgehead atoms. The van der Waals surface area contributed by atoms with E-state index in [1.165, 1.54) is 24.4 Å². The molecule has 164 valence electrons. The lowest BCUT2D eigenvalue weighted by Crippen LogP contribution is -2.33. The molecule has 0 aliphatic rings. The van der Waals surface area contributed by atoms with Crippen LogP contribution in [0.3, 0.4) is 0 Å². The second-order valence-corrected chi connectivity index (χ2v) is 8.47. The molecular weight excluding hydrogens is 487 g/mol. The molecular formula is C22H13Cl3N6O2. The van der Waals surface area contributed by atoms with Gasteiger partial charge in [-0.15, -0.1) is 10.2 Å². The van der Waals surface area contributed by atoms with Crippen molar-refractivity contribution in [2.24, 2.45) is 0 Å². The first-order chi connectivity index (χ1) is 15.8. The van der Waals surface area contributed by atoms with Gasteiger partial charge in [0.05, 0.1) is 21.8 Å². The summed E-state index contributed by atoms with van der Waals surface area (Å²) >= 11 is 18.0. The summed E-state index contributed by atoms with van der Waals surface area (Å²) in [4.78, 5) is 25.6. The minimum absolute atomic E-state index is 0.0395. The molecule has 5 rings (SSSR count). The Hall–Kier alpha value is -3.46. The van der Waals surface area contributed by atoms with Gasteiger partial charge in [0, 0.05) is 16.2 Å². The van der Waals surface area contributed by atoms with Crippen LogP contribution in [0, 0.1) is 6.92 Å². The van der Waals surface area contributed by atoms with Gasteiger partial charge in [-0.1, -0.05) is 46.9 Å². The first-order valence-corrected chi connectivity index (χ1v) is 10.8. The van der Waals surface area contributed by atoms with Gasteiger partial charge in [-0.2, -0.15) is 5.10 Å². The fourth-order valence-electron chi connectivity index (χ4n) is 3.54. The highest BCUT2D eigenvalue weighted by Gasteiger charge is 2.18. The smallest absolute Gasteiger partial charge is 0.267 e. The summed E-state index contributed by atoms with van der Waals surface area (Å²) in [5.74, 6) is -0.577. The molecule has 8 nitrogen and oxygen atoms in total. The molecule has 3 heterocycles. The summed E-state index contributed by atoms with van der Waals surface area (Å²) in [6, 6.07) is 13.4. The number of amides is 1. The lowest BCUT2D eigenvalue weighted by molar-refractivity contribution is 0.101. The van der Waals surface area contributed by atoms with Gasteiger partial charge in [-0.05, 0) is 48.9 Å². The first-order valence-electron chi connectivity index (χ1n) is 9.63. The fourth-order valence-corrected chi connectivity index (χ4v) is 4.16. The molecule has 0 aliphatic heterocycles. The Kier molecular flexibility index (Phi) is 5.28. The van der Waals surface area contributed by atoms with Gasteiger partial charge in [0.1, 0.15) is 5.52 Å². The second-order valence-electron chi connectivity index (χ2n) is 7.19. The number of pyridine rings is 1. The molecule has 1 N–H and O–H groups in total. The number of hydrogen-bond donors (Lipinski definition) is 1. The number of halogens is 3. The number of hydrogen-bond acceptors (Lipinski definition) is 5. The summed E-state index contributed by atoms with van der Waals surface area (Å²) in [6.07, 6.45) is 1.42. The number of fused-ring (bicyclic) bond motifs is 3. The molecule has 0 spiro atoms. The normalized spacial score (nSPS) is 11.3. The van der Waals surface area contributed by atoms with E-state index in [9.17, 15) is 9.59 Å². The molecule has 0 aliphatic carbocycles. The largest absolute Gasteiger partial charge is 0.299 e. The molecule has 0 saturated heterocycles. The van der Waals surface area contributed by atoms with E-state index in [-0.39, 0.29) is 16.1 Å². The number of nitrogens with zero attached hydrogens (tertiary/aromatic N) is 5. The minimum atomic E-state index is -0.577. The van der Waals surface area contributed by atoms with Crippen molar-refractivity contribution in [3.63, 3.8) is 0 Å². The zero-order chi connectivity index (χ0) is 23.3. The van der Waals surface area contributed by atoms with E-state index in [0.717, 1.165) is 15.8 Å². The maximum atomic E-state index is 13.0. The highest BCUT2D eigenvalue weighted by molar-refractivity contribution is 6.37. The van der Waals surface area contributed by atoms with Gasteiger partial charge in [0.15, 0.2) is 11.2 Å². The Morgan fingerprint density at radius 3 is 2.42 bits per heavy atom. The predicted octanol–water partition coefficient (Wildman–Crippen LogP) is 4.76. The quantitative estimate of drug-likeness (QED) is 0.386. The Morgan fingerprint density at radius 2 is 1.70 bits per heavy atom. The maximum absolute atomic E-state index is 13.0. The van der Waals surface area contributed by atoms with Crippen LogP contribution in [0.25, 0.3) is 27.8 Å². The molecule has 0 radical (unpaired) electrons. The van der Waals surface area contributed by atoms with Crippen molar-refractivity contribution in [2.45, 2.75) is 6.92 Å². The van der Waals surface area contributed by atoms with Crippen LogP contribution in [0.4, 0.5) is 0 Å². The highest BCUT2D eigenvalue weighted by Crippen LogP contribution is 2.29. The SMILES string of the molecule is Cc1nn2c(nnc3c(=O)n(NC(=O)c4ccc(Cl)cc4Cl)ccc32)c1-c1ccc(Cl)cc1. The Morgan fingerprint density at radius 1 is 0.970 bits per heavy atom. The molecule has 33 heavy (non-hydrogen) atoms. The number of benzene rings is 2. The van der Waals surface area contributed by atoms with Crippen molar-refractivity contribution in [1.29, 1.82) is 0 Å². The van der Waals surface area contributed by atoms with E-state index in [2.05, 4.69) is 20.7 Å². The summed E-state index contributed by atoms with van der Waals surface area (Å²) in [7, 11) is 0. The van der Waals surface area contributed by atoms with Crippen LogP contribution < -0.4 is 11.0 Å². The van der Waals surface area contributed by atoms with Crippen LogP contribution >= 0.6 is 34.8 Å². The van der Waals surface area contributed by atoms with E-state index in [1.807, 2.05) is 19.1 Å². The van der Waals surface area contributed by atoms with Gasteiger partial charge >= 0.3 is 0 Å². The van der Waals surface area contributed by atoms with Crippen molar-refractivity contribution >= 4 is 57.4 Å². The fraction of sp³-hybridized carbons (Fsp3) is 0.0455. The van der Waals surface area contributed by atoms with Gasteiger partial charge in [-0.3, -0.25) is 15.0 Å². The standard InChI is InChI=1S/C22H13Cl3N6O2/c1-11-18(12-2-4-13(23)5-3-12)20-27-26-19-17(31(20)28-11)8-9-30(22(19)33)29-21(32)15-7-6-14(24)10-16(15)25/h2-10H,1H3,(H,29,32). The van der Waals surface area contributed by atoms with E-state index in [0.29, 0.717) is 26.9 Å². The van der Waals surface area contributed by atoms with Gasteiger partial charge < -0.3 is 0 Å². The van der Waals surface area contributed by atoms with Crippen molar-refractivity contribution in [3.05, 3.63) is 91.4 Å². The molecule has 0 atom stereocenters. The van der Waals surface area contributed by atoms with E-state index in [1.54, 1.807) is 22.7 Å². The lowest BCUT2D eigenvalue weighted by atomic mass is 10.1. The third kappa shape index (κ3) is 3.72. The van der Waals surface area contributed by atoms with Crippen LogP contribution in [0.2, 0.25) is 15.1 Å². The number of carbonyl (C=O) groups excluding carboxylic acids is 1. The van der Waals surface area contributed by atoms with Gasteiger partial charge in [-0.25, -0.2) is 9.19 Å². The lowest BCUT2D eigenvalue weighted by Gasteiger charge is -2.10. The zero-order valence-corrected chi connectivity index (χ0v) is 19.2. The number of nitrogens with one attached hydrogen (secondary N) is 1. The highest BCUT2D eigenvalue weighted by atomic mass is 35.5. The Bertz CT molecular complexity index is 1630. The summed E-state index contributed by atoms with van der Waals surface area (Å²) in [6.45, 7) is 1.85. The molecule has 0 saturated carbocycles. The average Bonchev–Trinajstić information content (AvgIpc) is 3.12. The number of rotatable bonds is 3. The third-order valence-corrected chi connectivity index (χ3v) is 5.88.